The molecule has 1 aliphatic rings. The molecule has 1 aliphatic heterocycles. The highest BCUT2D eigenvalue weighted by Gasteiger charge is 2.36. The van der Waals surface area contributed by atoms with Crippen LogP contribution in [0.1, 0.15) is 5.56 Å². The van der Waals surface area contributed by atoms with E-state index in [1.165, 1.54) is 5.56 Å². The Labute approximate surface area is 109 Å². The summed E-state index contributed by atoms with van der Waals surface area (Å²) in [5, 5.41) is 0. The van der Waals surface area contributed by atoms with Crippen LogP contribution < -0.4 is 5.73 Å². The van der Waals surface area contributed by atoms with Crippen molar-refractivity contribution in [1.82, 2.24) is 4.90 Å². The molecule has 1 aromatic carbocycles. The molecule has 0 radical (unpaired) electrons. The first kappa shape index (κ1) is 13.5. The molecule has 0 bridgehead atoms. The van der Waals surface area contributed by atoms with Gasteiger partial charge in [0, 0.05) is 45.8 Å². The molecule has 2 atom stereocenters. The average Bonchev–Trinajstić information content (AvgIpc) is 2.73. The first-order valence-corrected chi connectivity index (χ1v) is 6.32. The van der Waals surface area contributed by atoms with Gasteiger partial charge in [0.25, 0.3) is 0 Å². The highest BCUT2D eigenvalue weighted by molar-refractivity contribution is 5.14. The second kappa shape index (κ2) is 6.29. The molecule has 0 aromatic heterocycles. The van der Waals surface area contributed by atoms with Crippen molar-refractivity contribution >= 4 is 0 Å². The minimum absolute atomic E-state index is 0.110. The number of nitrogens with zero attached hydrogens (tertiary/aromatic N) is 1. The van der Waals surface area contributed by atoms with Crippen molar-refractivity contribution < 1.29 is 9.47 Å². The van der Waals surface area contributed by atoms with Crippen LogP contribution in [0.25, 0.3) is 0 Å². The third-order valence-electron chi connectivity index (χ3n) is 3.55. The zero-order chi connectivity index (χ0) is 13.0. The number of hydrogen-bond donors (Lipinski definition) is 1. The zero-order valence-corrected chi connectivity index (χ0v) is 11.1. The van der Waals surface area contributed by atoms with Gasteiger partial charge in [-0.25, -0.2) is 0 Å². The molecule has 1 saturated heterocycles. The van der Waals surface area contributed by atoms with Crippen LogP contribution in [0.3, 0.4) is 0 Å². The minimum atomic E-state index is -0.208. The van der Waals surface area contributed by atoms with Crippen molar-refractivity contribution in [3.05, 3.63) is 35.9 Å². The highest BCUT2D eigenvalue weighted by Crippen LogP contribution is 2.22. The maximum absolute atomic E-state index is 6.17. The smallest absolute Gasteiger partial charge is 0.162 e. The Morgan fingerprint density at radius 1 is 1.22 bits per heavy atom. The van der Waals surface area contributed by atoms with Crippen molar-refractivity contribution in [3.8, 4) is 0 Å². The van der Waals surface area contributed by atoms with Crippen LogP contribution in [-0.4, -0.2) is 44.5 Å². The van der Waals surface area contributed by atoms with Crippen LogP contribution in [0.5, 0.6) is 0 Å². The number of nitrogens with two attached hydrogens (primary N) is 1. The van der Waals surface area contributed by atoms with Crippen LogP contribution in [0, 0.1) is 5.92 Å². The van der Waals surface area contributed by atoms with E-state index in [4.69, 9.17) is 15.2 Å². The molecule has 100 valence electrons. The van der Waals surface area contributed by atoms with E-state index in [1.54, 1.807) is 14.2 Å². The number of methoxy groups -OCH3 is 2. The lowest BCUT2D eigenvalue weighted by atomic mass is 10.0. The van der Waals surface area contributed by atoms with E-state index in [1.807, 2.05) is 6.07 Å². The fraction of sp³-hybridized carbons (Fsp3) is 0.571. The average molecular weight is 250 g/mol. The molecule has 0 amide bonds. The number of hydrogen-bond acceptors (Lipinski definition) is 4. The van der Waals surface area contributed by atoms with E-state index in [0.717, 1.165) is 19.6 Å². The van der Waals surface area contributed by atoms with Gasteiger partial charge in [-0.2, -0.15) is 0 Å². The molecule has 4 nitrogen and oxygen atoms in total. The molecule has 18 heavy (non-hydrogen) atoms. The van der Waals surface area contributed by atoms with E-state index in [0.29, 0.717) is 0 Å². The number of ether oxygens (including phenoxy) is 2. The lowest BCUT2D eigenvalue weighted by molar-refractivity contribution is -0.136. The molecule has 0 spiro atoms. The maximum Gasteiger partial charge on any atom is 0.162 e. The van der Waals surface area contributed by atoms with Gasteiger partial charge in [-0.3, -0.25) is 4.90 Å². The van der Waals surface area contributed by atoms with Crippen molar-refractivity contribution in [3.63, 3.8) is 0 Å². The first-order chi connectivity index (χ1) is 8.74. The van der Waals surface area contributed by atoms with Crippen LogP contribution in [0.15, 0.2) is 30.3 Å². The van der Waals surface area contributed by atoms with Gasteiger partial charge in [0.1, 0.15) is 0 Å². The molecule has 0 unspecified atom stereocenters. The lowest BCUT2D eigenvalue weighted by Crippen LogP contribution is -2.38. The Kier molecular flexibility index (Phi) is 4.72. The van der Waals surface area contributed by atoms with Crippen LogP contribution in [0.4, 0.5) is 0 Å². The lowest BCUT2D eigenvalue weighted by Gasteiger charge is -2.23. The van der Waals surface area contributed by atoms with Crippen molar-refractivity contribution in [2.75, 3.05) is 27.3 Å². The molecule has 2 N–H and O–H groups in total. The van der Waals surface area contributed by atoms with Gasteiger partial charge in [0.05, 0.1) is 0 Å². The van der Waals surface area contributed by atoms with Gasteiger partial charge in [-0.05, 0) is 5.56 Å². The SMILES string of the molecule is COC(OC)[C@@H]1CN(Cc2ccccc2)C[C@@H]1N. The van der Waals surface area contributed by atoms with E-state index in [9.17, 15) is 0 Å². The Morgan fingerprint density at radius 3 is 2.50 bits per heavy atom. The summed E-state index contributed by atoms with van der Waals surface area (Å²) >= 11 is 0. The summed E-state index contributed by atoms with van der Waals surface area (Å²) in [6, 6.07) is 10.6. The Hall–Kier alpha value is -0.940. The van der Waals surface area contributed by atoms with Crippen LogP contribution >= 0.6 is 0 Å². The van der Waals surface area contributed by atoms with E-state index in [-0.39, 0.29) is 18.2 Å². The summed E-state index contributed by atoms with van der Waals surface area (Å²) in [5.41, 5.74) is 7.49. The van der Waals surface area contributed by atoms with Crippen LogP contribution in [0.2, 0.25) is 0 Å². The Morgan fingerprint density at radius 2 is 1.89 bits per heavy atom. The second-order valence-corrected chi connectivity index (χ2v) is 4.85. The predicted octanol–water partition coefficient (Wildman–Crippen LogP) is 1.06. The fourth-order valence-electron chi connectivity index (χ4n) is 2.65. The monoisotopic (exact) mass is 250 g/mol. The summed E-state index contributed by atoms with van der Waals surface area (Å²) in [4.78, 5) is 2.36. The summed E-state index contributed by atoms with van der Waals surface area (Å²) in [7, 11) is 3.33. The molecule has 2 rings (SSSR count). The quantitative estimate of drug-likeness (QED) is 0.794. The summed E-state index contributed by atoms with van der Waals surface area (Å²) in [5.74, 6) is 0.240. The zero-order valence-electron chi connectivity index (χ0n) is 11.1. The second-order valence-electron chi connectivity index (χ2n) is 4.85. The molecule has 1 heterocycles. The summed E-state index contributed by atoms with van der Waals surface area (Å²) in [6.07, 6.45) is -0.208. The van der Waals surface area contributed by atoms with Gasteiger partial charge in [-0.1, -0.05) is 30.3 Å². The highest BCUT2D eigenvalue weighted by atomic mass is 16.7. The van der Waals surface area contributed by atoms with Crippen molar-refractivity contribution in [2.45, 2.75) is 18.9 Å². The number of rotatable bonds is 5. The van der Waals surface area contributed by atoms with Gasteiger partial charge in [-0.15, -0.1) is 0 Å². The van der Waals surface area contributed by atoms with E-state index in [2.05, 4.69) is 29.2 Å². The maximum atomic E-state index is 6.17. The van der Waals surface area contributed by atoms with Gasteiger partial charge in [0.15, 0.2) is 6.29 Å². The number of benzene rings is 1. The largest absolute Gasteiger partial charge is 0.356 e. The molecule has 0 saturated carbocycles. The summed E-state index contributed by atoms with van der Waals surface area (Å²) in [6.45, 7) is 2.75. The van der Waals surface area contributed by atoms with Gasteiger partial charge >= 0.3 is 0 Å². The normalized spacial score (nSPS) is 24.9. The molecule has 0 aliphatic carbocycles. The Balaban J connectivity index is 1.94. The van der Waals surface area contributed by atoms with Crippen LogP contribution in [-0.2, 0) is 16.0 Å². The van der Waals surface area contributed by atoms with E-state index < -0.39 is 0 Å². The first-order valence-electron chi connectivity index (χ1n) is 6.32. The minimum Gasteiger partial charge on any atom is -0.356 e. The number of likely N-dealkylation sites (tertiary alicyclic amines) is 1. The third kappa shape index (κ3) is 3.09. The standard InChI is InChI=1S/C14H22N2O2/c1-17-14(18-2)12-9-16(10-13(12)15)8-11-6-4-3-5-7-11/h3-7,12-14H,8-10,15H2,1-2H3/t12-,13+/m1/s1. The topological polar surface area (TPSA) is 47.7 Å². The van der Waals surface area contributed by atoms with Crippen molar-refractivity contribution in [2.24, 2.45) is 11.7 Å². The van der Waals surface area contributed by atoms with E-state index >= 15 is 0 Å². The van der Waals surface area contributed by atoms with Crippen molar-refractivity contribution in [1.29, 1.82) is 0 Å². The Bertz CT molecular complexity index is 354. The fourth-order valence-corrected chi connectivity index (χ4v) is 2.65. The molecular formula is C14H22N2O2. The summed E-state index contributed by atoms with van der Waals surface area (Å²) < 4.78 is 10.6. The van der Waals surface area contributed by atoms with Gasteiger partial charge < -0.3 is 15.2 Å². The molecule has 1 aromatic rings. The van der Waals surface area contributed by atoms with Gasteiger partial charge in [0.2, 0.25) is 0 Å². The predicted molar refractivity (Wildman–Crippen MR) is 71.0 cm³/mol. The molecule has 4 heteroatoms. The third-order valence-corrected chi connectivity index (χ3v) is 3.55. The molecular weight excluding hydrogens is 228 g/mol. The molecule has 1 fully saturated rings.